The molecule has 0 fully saturated rings. The van der Waals surface area contributed by atoms with Gasteiger partial charge in [-0.25, -0.2) is 4.39 Å². The lowest BCUT2D eigenvalue weighted by atomic mass is 10.0. The number of hydrogen-bond donors (Lipinski definition) is 1. The Morgan fingerprint density at radius 1 is 1.53 bits per heavy atom. The van der Waals surface area contributed by atoms with Gasteiger partial charge in [-0.05, 0) is 59.7 Å². The van der Waals surface area contributed by atoms with Crippen molar-refractivity contribution in [3.05, 3.63) is 33.1 Å². The van der Waals surface area contributed by atoms with E-state index in [4.69, 9.17) is 6.42 Å². The zero-order valence-electron chi connectivity index (χ0n) is 9.97. The first-order valence-electron chi connectivity index (χ1n) is 5.80. The highest BCUT2D eigenvalue weighted by atomic mass is 127. The zero-order chi connectivity index (χ0) is 12.7. The highest BCUT2D eigenvalue weighted by Gasteiger charge is 2.13. The Labute approximate surface area is 116 Å². The van der Waals surface area contributed by atoms with Gasteiger partial charge in [-0.3, -0.25) is 0 Å². The molecule has 0 aliphatic rings. The average Bonchev–Trinajstić information content (AvgIpc) is 2.28. The van der Waals surface area contributed by atoms with Crippen molar-refractivity contribution in [2.24, 2.45) is 0 Å². The molecule has 0 aromatic heterocycles. The van der Waals surface area contributed by atoms with Crippen LogP contribution in [0.3, 0.4) is 0 Å². The van der Waals surface area contributed by atoms with E-state index in [0.29, 0.717) is 0 Å². The fourth-order valence-electron chi connectivity index (χ4n) is 1.81. The summed E-state index contributed by atoms with van der Waals surface area (Å²) in [6, 6.07) is 5.21. The Morgan fingerprint density at radius 3 is 2.88 bits per heavy atom. The maximum Gasteiger partial charge on any atom is 0.124 e. The summed E-state index contributed by atoms with van der Waals surface area (Å²) < 4.78 is 14.0. The molecule has 17 heavy (non-hydrogen) atoms. The second kappa shape index (κ2) is 7.67. The van der Waals surface area contributed by atoms with E-state index in [1.807, 2.05) is 6.07 Å². The van der Waals surface area contributed by atoms with Crippen molar-refractivity contribution in [1.82, 2.24) is 5.32 Å². The summed E-state index contributed by atoms with van der Waals surface area (Å²) in [5.74, 6) is 2.47. The van der Waals surface area contributed by atoms with E-state index in [1.165, 1.54) is 6.07 Å². The van der Waals surface area contributed by atoms with Gasteiger partial charge in [-0.1, -0.05) is 13.0 Å². The first kappa shape index (κ1) is 14.5. The zero-order valence-corrected chi connectivity index (χ0v) is 12.1. The van der Waals surface area contributed by atoms with Crippen LogP contribution in [0.5, 0.6) is 0 Å². The van der Waals surface area contributed by atoms with Crippen LogP contribution in [0.2, 0.25) is 0 Å². The van der Waals surface area contributed by atoms with E-state index in [0.717, 1.165) is 34.9 Å². The third kappa shape index (κ3) is 4.64. The molecule has 0 saturated heterocycles. The molecule has 1 aromatic rings. The fourth-order valence-corrected chi connectivity index (χ4v) is 2.66. The Balaban J connectivity index is 2.78. The lowest BCUT2D eigenvalue weighted by Gasteiger charge is -2.19. The van der Waals surface area contributed by atoms with Crippen molar-refractivity contribution in [3.8, 4) is 12.3 Å². The summed E-state index contributed by atoms with van der Waals surface area (Å²) >= 11 is 2.18. The Kier molecular flexibility index (Phi) is 6.53. The van der Waals surface area contributed by atoms with Gasteiger partial charge in [0.15, 0.2) is 0 Å². The SMILES string of the molecule is C#CCCCC(NCC)c1ccc(F)cc1I. The van der Waals surface area contributed by atoms with Crippen LogP contribution in [0.4, 0.5) is 4.39 Å². The molecule has 0 saturated carbocycles. The number of benzene rings is 1. The number of halogens is 2. The third-order valence-electron chi connectivity index (χ3n) is 2.60. The van der Waals surface area contributed by atoms with E-state index < -0.39 is 0 Å². The summed E-state index contributed by atoms with van der Waals surface area (Å²) in [4.78, 5) is 0. The minimum absolute atomic E-state index is 0.183. The van der Waals surface area contributed by atoms with E-state index in [2.05, 4.69) is 40.8 Å². The highest BCUT2D eigenvalue weighted by Crippen LogP contribution is 2.25. The van der Waals surface area contributed by atoms with Crippen LogP contribution in [0.25, 0.3) is 0 Å². The standard InChI is InChI=1S/C14H17FIN/c1-3-5-6-7-14(17-4-2)12-9-8-11(15)10-13(12)16/h1,8-10,14,17H,4-7H2,2H3. The summed E-state index contributed by atoms with van der Waals surface area (Å²) in [7, 11) is 0. The summed E-state index contributed by atoms with van der Waals surface area (Å²) in [5, 5.41) is 3.42. The van der Waals surface area contributed by atoms with Crippen LogP contribution in [0.1, 0.15) is 37.8 Å². The van der Waals surface area contributed by atoms with Gasteiger partial charge in [0.2, 0.25) is 0 Å². The lowest BCUT2D eigenvalue weighted by Crippen LogP contribution is -2.21. The molecule has 1 unspecified atom stereocenters. The Bertz CT molecular complexity index is 398. The number of unbranched alkanes of at least 4 members (excludes halogenated alkanes) is 1. The van der Waals surface area contributed by atoms with E-state index in [-0.39, 0.29) is 11.9 Å². The maximum atomic E-state index is 13.1. The first-order valence-corrected chi connectivity index (χ1v) is 6.88. The van der Waals surface area contributed by atoms with Gasteiger partial charge in [0.25, 0.3) is 0 Å². The molecule has 0 radical (unpaired) electrons. The predicted octanol–water partition coefficient (Wildman–Crippen LogP) is 3.88. The second-order valence-electron chi connectivity index (χ2n) is 3.87. The minimum atomic E-state index is -0.183. The van der Waals surface area contributed by atoms with Crippen molar-refractivity contribution >= 4 is 22.6 Å². The van der Waals surface area contributed by atoms with Crippen molar-refractivity contribution < 1.29 is 4.39 Å². The molecular weight excluding hydrogens is 328 g/mol. The van der Waals surface area contributed by atoms with Crippen LogP contribution in [-0.2, 0) is 0 Å². The van der Waals surface area contributed by atoms with E-state index in [1.54, 1.807) is 6.07 Å². The van der Waals surface area contributed by atoms with Crippen molar-refractivity contribution in [2.45, 2.75) is 32.2 Å². The number of rotatable bonds is 6. The van der Waals surface area contributed by atoms with E-state index >= 15 is 0 Å². The topological polar surface area (TPSA) is 12.0 Å². The molecular formula is C14H17FIN. The molecule has 92 valence electrons. The van der Waals surface area contributed by atoms with Crippen LogP contribution < -0.4 is 5.32 Å². The molecule has 0 spiro atoms. The van der Waals surface area contributed by atoms with Crippen LogP contribution in [0.15, 0.2) is 18.2 Å². The van der Waals surface area contributed by atoms with Crippen LogP contribution in [0, 0.1) is 21.7 Å². The Morgan fingerprint density at radius 2 is 2.29 bits per heavy atom. The van der Waals surface area contributed by atoms with Gasteiger partial charge >= 0.3 is 0 Å². The van der Waals surface area contributed by atoms with Crippen LogP contribution >= 0.6 is 22.6 Å². The number of terminal acetylenes is 1. The summed E-state index contributed by atoms with van der Waals surface area (Å²) in [6.07, 6.45) is 8.02. The molecule has 1 N–H and O–H groups in total. The third-order valence-corrected chi connectivity index (χ3v) is 3.54. The largest absolute Gasteiger partial charge is 0.310 e. The van der Waals surface area contributed by atoms with Crippen molar-refractivity contribution in [1.29, 1.82) is 0 Å². The quantitative estimate of drug-likeness (QED) is 0.469. The predicted molar refractivity (Wildman–Crippen MR) is 78.2 cm³/mol. The molecule has 3 heteroatoms. The molecule has 1 nitrogen and oxygen atoms in total. The molecule has 0 aliphatic heterocycles. The Hall–Kier alpha value is -0.600. The van der Waals surface area contributed by atoms with Gasteiger partial charge in [-0.15, -0.1) is 12.3 Å². The first-order chi connectivity index (χ1) is 8.19. The second-order valence-corrected chi connectivity index (χ2v) is 5.03. The lowest BCUT2D eigenvalue weighted by molar-refractivity contribution is 0.498. The molecule has 1 atom stereocenters. The molecule has 0 heterocycles. The van der Waals surface area contributed by atoms with Gasteiger partial charge in [0, 0.05) is 16.0 Å². The smallest absolute Gasteiger partial charge is 0.124 e. The molecule has 0 bridgehead atoms. The minimum Gasteiger partial charge on any atom is -0.310 e. The monoisotopic (exact) mass is 345 g/mol. The number of hydrogen-bond acceptors (Lipinski definition) is 1. The maximum absolute atomic E-state index is 13.1. The summed E-state index contributed by atoms with van der Waals surface area (Å²) in [6.45, 7) is 2.97. The highest BCUT2D eigenvalue weighted by molar-refractivity contribution is 14.1. The normalized spacial score (nSPS) is 12.1. The molecule has 0 amide bonds. The van der Waals surface area contributed by atoms with Gasteiger partial charge < -0.3 is 5.32 Å². The van der Waals surface area contributed by atoms with Gasteiger partial charge in [-0.2, -0.15) is 0 Å². The van der Waals surface area contributed by atoms with Gasteiger partial charge in [0.1, 0.15) is 5.82 Å². The fraction of sp³-hybridized carbons (Fsp3) is 0.429. The summed E-state index contributed by atoms with van der Waals surface area (Å²) in [5.41, 5.74) is 1.16. The van der Waals surface area contributed by atoms with Gasteiger partial charge in [0.05, 0.1) is 0 Å². The van der Waals surface area contributed by atoms with Crippen LogP contribution in [-0.4, -0.2) is 6.54 Å². The molecule has 1 rings (SSSR count). The molecule has 0 aliphatic carbocycles. The van der Waals surface area contributed by atoms with Crippen molar-refractivity contribution in [3.63, 3.8) is 0 Å². The van der Waals surface area contributed by atoms with E-state index in [9.17, 15) is 4.39 Å². The molecule has 1 aromatic carbocycles. The average molecular weight is 345 g/mol. The number of nitrogens with one attached hydrogen (secondary N) is 1. The van der Waals surface area contributed by atoms with Crippen molar-refractivity contribution in [2.75, 3.05) is 6.54 Å².